The molecule has 0 bridgehead atoms. The number of para-hydroxylation sites is 1. The lowest BCUT2D eigenvalue weighted by atomic mass is 10.0. The zero-order chi connectivity index (χ0) is 13.4. The molecule has 1 aromatic carbocycles. The second-order valence-corrected chi connectivity index (χ2v) is 5.40. The first kappa shape index (κ1) is 14.9. The fourth-order valence-corrected chi connectivity index (χ4v) is 2.02. The number of anilines is 1. The first-order valence-electron chi connectivity index (χ1n) is 5.85. The van der Waals surface area contributed by atoms with Crippen molar-refractivity contribution in [1.82, 2.24) is 5.32 Å². The average Bonchev–Trinajstić information content (AvgIpc) is 2.36. The highest BCUT2D eigenvalue weighted by Crippen LogP contribution is 2.11. The van der Waals surface area contributed by atoms with Gasteiger partial charge in [-0.2, -0.15) is 11.8 Å². The fourth-order valence-electron chi connectivity index (χ4n) is 1.38. The number of nitrogens with one attached hydrogen (secondary N) is 2. The maximum absolute atomic E-state index is 11.6. The molecule has 5 heteroatoms. The number of urea groups is 1. The number of benzene rings is 1. The Morgan fingerprint density at radius 1 is 1.39 bits per heavy atom. The lowest BCUT2D eigenvalue weighted by Gasteiger charge is -2.23. The standard InChI is InChI=1S/C13H20N2O2S/c1-13(17,8-9-18-2)10-14-12(16)15-11-6-4-3-5-7-11/h3-7,17H,8-10H2,1-2H3,(H2,14,15,16). The first-order valence-corrected chi connectivity index (χ1v) is 7.24. The second kappa shape index (κ2) is 7.28. The highest BCUT2D eigenvalue weighted by Gasteiger charge is 2.20. The number of hydrogen-bond acceptors (Lipinski definition) is 3. The van der Waals surface area contributed by atoms with Gasteiger partial charge in [-0.1, -0.05) is 18.2 Å². The summed E-state index contributed by atoms with van der Waals surface area (Å²) in [7, 11) is 0. The van der Waals surface area contributed by atoms with Gasteiger partial charge in [-0.15, -0.1) is 0 Å². The molecule has 0 aliphatic carbocycles. The Hall–Kier alpha value is -1.20. The summed E-state index contributed by atoms with van der Waals surface area (Å²) in [6.45, 7) is 1.97. The van der Waals surface area contributed by atoms with Gasteiger partial charge in [0.15, 0.2) is 0 Å². The third kappa shape index (κ3) is 5.93. The van der Waals surface area contributed by atoms with Gasteiger partial charge in [-0.3, -0.25) is 0 Å². The molecule has 0 saturated carbocycles. The molecule has 0 radical (unpaired) electrons. The van der Waals surface area contributed by atoms with Crippen LogP contribution in [0.25, 0.3) is 0 Å². The van der Waals surface area contributed by atoms with Crippen LogP contribution in [0.15, 0.2) is 30.3 Å². The van der Waals surface area contributed by atoms with E-state index in [1.54, 1.807) is 18.7 Å². The van der Waals surface area contributed by atoms with E-state index < -0.39 is 5.60 Å². The van der Waals surface area contributed by atoms with Gasteiger partial charge in [0.1, 0.15) is 0 Å². The van der Waals surface area contributed by atoms with Crippen molar-refractivity contribution in [3.8, 4) is 0 Å². The van der Waals surface area contributed by atoms with Crippen LogP contribution < -0.4 is 10.6 Å². The summed E-state index contributed by atoms with van der Waals surface area (Å²) in [5.41, 5.74) is -0.129. The van der Waals surface area contributed by atoms with E-state index in [0.29, 0.717) is 6.42 Å². The lowest BCUT2D eigenvalue weighted by Crippen LogP contribution is -2.42. The number of thioether (sulfide) groups is 1. The lowest BCUT2D eigenvalue weighted by molar-refractivity contribution is 0.0599. The first-order chi connectivity index (χ1) is 8.53. The van der Waals surface area contributed by atoms with Crippen molar-refractivity contribution in [3.05, 3.63) is 30.3 Å². The van der Waals surface area contributed by atoms with E-state index in [9.17, 15) is 9.90 Å². The molecule has 1 rings (SSSR count). The maximum Gasteiger partial charge on any atom is 0.319 e. The third-order valence-electron chi connectivity index (χ3n) is 2.51. The Labute approximate surface area is 112 Å². The predicted octanol–water partition coefficient (Wildman–Crippen LogP) is 2.31. The Morgan fingerprint density at radius 2 is 2.06 bits per heavy atom. The molecule has 4 nitrogen and oxygen atoms in total. The van der Waals surface area contributed by atoms with Crippen LogP contribution in [-0.2, 0) is 0 Å². The van der Waals surface area contributed by atoms with Crippen LogP contribution in [0.2, 0.25) is 0 Å². The zero-order valence-electron chi connectivity index (χ0n) is 10.8. The minimum Gasteiger partial charge on any atom is -0.388 e. The van der Waals surface area contributed by atoms with Gasteiger partial charge in [-0.05, 0) is 37.5 Å². The molecule has 1 aromatic rings. The molecule has 18 heavy (non-hydrogen) atoms. The van der Waals surface area contributed by atoms with E-state index in [1.165, 1.54) is 0 Å². The number of carbonyl (C=O) groups excluding carboxylic acids is 1. The monoisotopic (exact) mass is 268 g/mol. The van der Waals surface area contributed by atoms with Crippen LogP contribution in [0.3, 0.4) is 0 Å². The molecule has 0 aromatic heterocycles. The minimum atomic E-state index is -0.864. The molecule has 0 aliphatic rings. The zero-order valence-corrected chi connectivity index (χ0v) is 11.6. The summed E-state index contributed by atoms with van der Waals surface area (Å²) >= 11 is 1.68. The third-order valence-corrected chi connectivity index (χ3v) is 3.12. The molecule has 1 atom stereocenters. The Kier molecular flexibility index (Phi) is 6.01. The van der Waals surface area contributed by atoms with Crippen molar-refractivity contribution in [1.29, 1.82) is 0 Å². The van der Waals surface area contributed by atoms with Crippen LogP contribution in [0, 0.1) is 0 Å². The van der Waals surface area contributed by atoms with Gasteiger partial charge >= 0.3 is 6.03 Å². The molecule has 0 heterocycles. The van der Waals surface area contributed by atoms with E-state index in [2.05, 4.69) is 10.6 Å². The Balaban J connectivity index is 2.33. The highest BCUT2D eigenvalue weighted by atomic mass is 32.2. The largest absolute Gasteiger partial charge is 0.388 e. The average molecular weight is 268 g/mol. The van der Waals surface area contributed by atoms with Crippen LogP contribution in [-0.4, -0.2) is 35.3 Å². The van der Waals surface area contributed by atoms with Crippen LogP contribution in [0.5, 0.6) is 0 Å². The van der Waals surface area contributed by atoms with Crippen LogP contribution >= 0.6 is 11.8 Å². The van der Waals surface area contributed by atoms with Crippen molar-refractivity contribution >= 4 is 23.5 Å². The molecule has 2 amide bonds. The predicted molar refractivity (Wildman–Crippen MR) is 77.1 cm³/mol. The maximum atomic E-state index is 11.6. The second-order valence-electron chi connectivity index (χ2n) is 4.41. The summed E-state index contributed by atoms with van der Waals surface area (Å²) in [6, 6.07) is 8.91. The molecule has 0 fully saturated rings. The molecule has 1 unspecified atom stereocenters. The summed E-state index contributed by atoms with van der Waals surface area (Å²) in [4.78, 5) is 11.6. The SMILES string of the molecule is CSCCC(C)(O)CNC(=O)Nc1ccccc1. The van der Waals surface area contributed by atoms with E-state index in [1.807, 2.05) is 36.6 Å². The number of rotatable bonds is 6. The Morgan fingerprint density at radius 3 is 2.67 bits per heavy atom. The van der Waals surface area contributed by atoms with E-state index in [4.69, 9.17) is 0 Å². The van der Waals surface area contributed by atoms with Gasteiger partial charge < -0.3 is 15.7 Å². The Bertz CT molecular complexity index is 369. The number of aliphatic hydroxyl groups is 1. The highest BCUT2D eigenvalue weighted by molar-refractivity contribution is 7.98. The van der Waals surface area contributed by atoms with Gasteiger partial charge in [0.2, 0.25) is 0 Å². The quantitative estimate of drug-likeness (QED) is 0.742. The fraction of sp³-hybridized carbons (Fsp3) is 0.462. The summed E-state index contributed by atoms with van der Waals surface area (Å²) < 4.78 is 0. The summed E-state index contributed by atoms with van der Waals surface area (Å²) in [5.74, 6) is 0.870. The van der Waals surface area contributed by atoms with E-state index in [0.717, 1.165) is 11.4 Å². The van der Waals surface area contributed by atoms with Gasteiger partial charge in [0.25, 0.3) is 0 Å². The van der Waals surface area contributed by atoms with Crippen molar-refractivity contribution in [3.63, 3.8) is 0 Å². The van der Waals surface area contributed by atoms with Crippen molar-refractivity contribution in [2.45, 2.75) is 18.9 Å². The van der Waals surface area contributed by atoms with Gasteiger partial charge in [0.05, 0.1) is 5.60 Å². The van der Waals surface area contributed by atoms with Crippen LogP contribution in [0.4, 0.5) is 10.5 Å². The molecule has 3 N–H and O–H groups in total. The van der Waals surface area contributed by atoms with E-state index in [-0.39, 0.29) is 12.6 Å². The molecule has 0 aliphatic heterocycles. The topological polar surface area (TPSA) is 61.4 Å². The number of hydrogen-bond donors (Lipinski definition) is 3. The molecular formula is C13H20N2O2S. The molecular weight excluding hydrogens is 248 g/mol. The smallest absolute Gasteiger partial charge is 0.319 e. The van der Waals surface area contributed by atoms with Crippen molar-refractivity contribution in [2.24, 2.45) is 0 Å². The number of amides is 2. The van der Waals surface area contributed by atoms with Crippen molar-refractivity contribution in [2.75, 3.05) is 23.9 Å². The van der Waals surface area contributed by atoms with Crippen molar-refractivity contribution < 1.29 is 9.90 Å². The minimum absolute atomic E-state index is 0.242. The summed E-state index contributed by atoms with van der Waals surface area (Å²) in [6.07, 6.45) is 2.64. The van der Waals surface area contributed by atoms with Gasteiger partial charge in [0, 0.05) is 12.2 Å². The normalized spacial score (nSPS) is 13.7. The molecule has 0 spiro atoms. The molecule has 0 saturated heterocycles. The summed E-state index contributed by atoms with van der Waals surface area (Å²) in [5, 5.41) is 15.4. The molecule has 100 valence electrons. The number of carbonyl (C=O) groups is 1. The van der Waals surface area contributed by atoms with Crippen LogP contribution in [0.1, 0.15) is 13.3 Å². The van der Waals surface area contributed by atoms with E-state index >= 15 is 0 Å². The van der Waals surface area contributed by atoms with Gasteiger partial charge in [-0.25, -0.2) is 4.79 Å².